The third-order valence-electron chi connectivity index (χ3n) is 2.32. The van der Waals surface area contributed by atoms with Gasteiger partial charge in [0.05, 0.1) is 15.6 Å². The SMILES string of the molecule is O=C(NCCc1cncs1)c1ccc(Cl)c(Cl)c1. The van der Waals surface area contributed by atoms with E-state index in [0.29, 0.717) is 22.2 Å². The van der Waals surface area contributed by atoms with Crippen LogP contribution in [0.4, 0.5) is 0 Å². The number of halogens is 2. The molecule has 94 valence electrons. The summed E-state index contributed by atoms with van der Waals surface area (Å²) in [5.74, 6) is -0.155. The van der Waals surface area contributed by atoms with Gasteiger partial charge in [-0.3, -0.25) is 9.78 Å². The molecule has 1 N–H and O–H groups in total. The maximum Gasteiger partial charge on any atom is 0.251 e. The standard InChI is InChI=1S/C12H10Cl2N2OS/c13-10-2-1-8(5-11(10)14)12(17)16-4-3-9-6-15-7-18-9/h1-2,5-7H,3-4H2,(H,16,17). The van der Waals surface area contributed by atoms with E-state index in [0.717, 1.165) is 11.3 Å². The van der Waals surface area contributed by atoms with Crippen LogP contribution in [0.2, 0.25) is 10.0 Å². The molecule has 0 saturated heterocycles. The zero-order valence-electron chi connectivity index (χ0n) is 9.32. The van der Waals surface area contributed by atoms with Crippen LogP contribution < -0.4 is 5.32 Å². The Balaban J connectivity index is 1.89. The lowest BCUT2D eigenvalue weighted by molar-refractivity contribution is 0.0954. The number of carbonyl (C=O) groups excluding carboxylic acids is 1. The van der Waals surface area contributed by atoms with E-state index in [1.807, 2.05) is 0 Å². The van der Waals surface area contributed by atoms with Gasteiger partial charge in [0.15, 0.2) is 0 Å². The van der Waals surface area contributed by atoms with Crippen molar-refractivity contribution in [3.63, 3.8) is 0 Å². The highest BCUT2D eigenvalue weighted by Crippen LogP contribution is 2.22. The number of thiazole rings is 1. The van der Waals surface area contributed by atoms with Gasteiger partial charge in [-0.05, 0) is 18.2 Å². The van der Waals surface area contributed by atoms with Crippen LogP contribution in [0.1, 0.15) is 15.2 Å². The fourth-order valence-electron chi connectivity index (χ4n) is 1.40. The largest absolute Gasteiger partial charge is 0.352 e. The third-order valence-corrected chi connectivity index (χ3v) is 3.90. The van der Waals surface area contributed by atoms with Crippen molar-refractivity contribution in [1.82, 2.24) is 10.3 Å². The van der Waals surface area contributed by atoms with Crippen molar-refractivity contribution in [3.05, 3.63) is 50.4 Å². The summed E-state index contributed by atoms with van der Waals surface area (Å²) in [5.41, 5.74) is 2.28. The van der Waals surface area contributed by atoms with E-state index in [-0.39, 0.29) is 5.91 Å². The van der Waals surface area contributed by atoms with Gasteiger partial charge in [-0.25, -0.2) is 0 Å². The molecule has 0 aliphatic carbocycles. The van der Waals surface area contributed by atoms with Gasteiger partial charge in [0.2, 0.25) is 0 Å². The minimum absolute atomic E-state index is 0.155. The molecule has 0 aliphatic rings. The first kappa shape index (κ1) is 13.3. The first-order valence-corrected chi connectivity index (χ1v) is 6.91. The Morgan fingerprint density at radius 1 is 1.33 bits per heavy atom. The van der Waals surface area contributed by atoms with Crippen molar-refractivity contribution in [1.29, 1.82) is 0 Å². The molecule has 1 amide bonds. The molecule has 0 aliphatic heterocycles. The second-order valence-corrected chi connectivity index (χ2v) is 5.39. The van der Waals surface area contributed by atoms with Crippen LogP contribution in [0.3, 0.4) is 0 Å². The minimum Gasteiger partial charge on any atom is -0.352 e. The Labute approximate surface area is 119 Å². The molecular formula is C12H10Cl2N2OS. The van der Waals surface area contributed by atoms with Gasteiger partial charge in [0, 0.05) is 29.6 Å². The number of nitrogens with zero attached hydrogens (tertiary/aromatic N) is 1. The molecule has 0 saturated carbocycles. The van der Waals surface area contributed by atoms with Crippen molar-refractivity contribution < 1.29 is 4.79 Å². The van der Waals surface area contributed by atoms with Gasteiger partial charge < -0.3 is 5.32 Å². The van der Waals surface area contributed by atoms with E-state index >= 15 is 0 Å². The third kappa shape index (κ3) is 3.45. The van der Waals surface area contributed by atoms with Crippen LogP contribution in [-0.2, 0) is 6.42 Å². The van der Waals surface area contributed by atoms with Crippen LogP contribution in [0, 0.1) is 0 Å². The van der Waals surface area contributed by atoms with Crippen molar-refractivity contribution >= 4 is 40.4 Å². The topological polar surface area (TPSA) is 42.0 Å². The normalized spacial score (nSPS) is 10.3. The van der Waals surface area contributed by atoms with Crippen molar-refractivity contribution in [2.75, 3.05) is 6.54 Å². The Kier molecular flexibility index (Phi) is 4.58. The number of aromatic nitrogens is 1. The van der Waals surface area contributed by atoms with Crippen LogP contribution >= 0.6 is 34.5 Å². The number of rotatable bonds is 4. The molecule has 2 aromatic rings. The molecule has 0 unspecified atom stereocenters. The lowest BCUT2D eigenvalue weighted by Crippen LogP contribution is -2.25. The fraction of sp³-hybridized carbons (Fsp3) is 0.167. The van der Waals surface area contributed by atoms with Gasteiger partial charge in [-0.2, -0.15) is 0 Å². The maximum atomic E-state index is 11.8. The molecule has 0 fully saturated rings. The second kappa shape index (κ2) is 6.18. The van der Waals surface area contributed by atoms with E-state index in [9.17, 15) is 4.79 Å². The molecule has 0 bridgehead atoms. The molecule has 1 heterocycles. The van der Waals surface area contributed by atoms with E-state index < -0.39 is 0 Å². The van der Waals surface area contributed by atoms with Gasteiger partial charge in [0.25, 0.3) is 5.91 Å². The highest BCUT2D eigenvalue weighted by molar-refractivity contribution is 7.09. The van der Waals surface area contributed by atoms with Crippen molar-refractivity contribution in [3.8, 4) is 0 Å². The van der Waals surface area contributed by atoms with Gasteiger partial charge >= 0.3 is 0 Å². The summed E-state index contributed by atoms with van der Waals surface area (Å²) in [5, 5.41) is 3.65. The Morgan fingerprint density at radius 2 is 2.17 bits per heavy atom. The lowest BCUT2D eigenvalue weighted by Gasteiger charge is -2.05. The highest BCUT2D eigenvalue weighted by Gasteiger charge is 2.07. The zero-order valence-corrected chi connectivity index (χ0v) is 11.6. The number of hydrogen-bond acceptors (Lipinski definition) is 3. The minimum atomic E-state index is -0.155. The zero-order chi connectivity index (χ0) is 13.0. The molecule has 3 nitrogen and oxygen atoms in total. The molecule has 1 aromatic carbocycles. The molecule has 0 atom stereocenters. The highest BCUT2D eigenvalue weighted by atomic mass is 35.5. The van der Waals surface area contributed by atoms with Crippen molar-refractivity contribution in [2.24, 2.45) is 0 Å². The van der Waals surface area contributed by atoms with E-state index in [4.69, 9.17) is 23.2 Å². The first-order chi connectivity index (χ1) is 8.66. The van der Waals surface area contributed by atoms with Crippen molar-refractivity contribution in [2.45, 2.75) is 6.42 Å². The van der Waals surface area contributed by atoms with Gasteiger partial charge in [-0.15, -0.1) is 11.3 Å². The number of hydrogen-bond donors (Lipinski definition) is 1. The number of carbonyl (C=O) groups is 1. The average Bonchev–Trinajstić information content (AvgIpc) is 2.85. The lowest BCUT2D eigenvalue weighted by atomic mass is 10.2. The molecule has 1 aromatic heterocycles. The number of nitrogens with one attached hydrogen (secondary N) is 1. The number of amides is 1. The van der Waals surface area contributed by atoms with Crippen LogP contribution in [-0.4, -0.2) is 17.4 Å². The average molecular weight is 301 g/mol. The van der Waals surface area contributed by atoms with Gasteiger partial charge in [0.1, 0.15) is 0 Å². The predicted octanol–water partition coefficient (Wildman–Crippen LogP) is 3.42. The summed E-state index contributed by atoms with van der Waals surface area (Å²) in [6.07, 6.45) is 2.58. The fourth-order valence-corrected chi connectivity index (χ4v) is 2.30. The molecule has 2 rings (SSSR count). The van der Waals surface area contributed by atoms with Crippen LogP contribution in [0.15, 0.2) is 29.9 Å². The summed E-state index contributed by atoms with van der Waals surface area (Å²) in [6.45, 7) is 0.571. The monoisotopic (exact) mass is 300 g/mol. The Bertz CT molecular complexity index is 543. The van der Waals surface area contributed by atoms with E-state index in [1.165, 1.54) is 0 Å². The van der Waals surface area contributed by atoms with Crippen LogP contribution in [0.25, 0.3) is 0 Å². The summed E-state index contributed by atoms with van der Waals surface area (Å²) >= 11 is 13.2. The summed E-state index contributed by atoms with van der Waals surface area (Å²) in [6, 6.07) is 4.82. The van der Waals surface area contributed by atoms with E-state index in [1.54, 1.807) is 41.2 Å². The summed E-state index contributed by atoms with van der Waals surface area (Å²) < 4.78 is 0. The molecule has 0 radical (unpaired) electrons. The Morgan fingerprint density at radius 3 is 2.83 bits per heavy atom. The molecular weight excluding hydrogens is 291 g/mol. The summed E-state index contributed by atoms with van der Waals surface area (Å²) in [4.78, 5) is 16.9. The summed E-state index contributed by atoms with van der Waals surface area (Å²) in [7, 11) is 0. The maximum absolute atomic E-state index is 11.8. The van der Waals surface area contributed by atoms with E-state index in [2.05, 4.69) is 10.3 Å². The smallest absolute Gasteiger partial charge is 0.251 e. The second-order valence-electron chi connectivity index (χ2n) is 3.60. The molecule has 18 heavy (non-hydrogen) atoms. The predicted molar refractivity (Wildman–Crippen MR) is 74.6 cm³/mol. The molecule has 0 spiro atoms. The first-order valence-electron chi connectivity index (χ1n) is 5.27. The Hall–Kier alpha value is -1.10. The van der Waals surface area contributed by atoms with Crippen LogP contribution in [0.5, 0.6) is 0 Å². The van der Waals surface area contributed by atoms with Gasteiger partial charge in [-0.1, -0.05) is 23.2 Å². The molecule has 6 heteroatoms. The number of benzene rings is 1. The quantitative estimate of drug-likeness (QED) is 0.940.